The van der Waals surface area contributed by atoms with Crippen molar-refractivity contribution in [1.29, 1.82) is 0 Å². The van der Waals surface area contributed by atoms with Crippen molar-refractivity contribution in [3.05, 3.63) is 52.8 Å². The summed E-state index contributed by atoms with van der Waals surface area (Å²) in [6, 6.07) is 9.05. The van der Waals surface area contributed by atoms with Crippen molar-refractivity contribution in [3.63, 3.8) is 0 Å². The number of thioether (sulfide) groups is 1. The zero-order valence-electron chi connectivity index (χ0n) is 12.0. The van der Waals surface area contributed by atoms with E-state index in [1.807, 2.05) is 25.3 Å². The Hall–Kier alpha value is -2.14. The first-order chi connectivity index (χ1) is 10.0. The Balaban J connectivity index is 2.14. The highest BCUT2D eigenvalue weighted by Crippen LogP contribution is 2.33. The molecule has 0 spiro atoms. The smallest absolute Gasteiger partial charge is 0.268 e. The second kappa shape index (κ2) is 5.00. The standard InChI is InChI=1S/C16H14N2O2S/c1-9-7-8-11-14(17-9)16(20)18(15(11)19)12-5-4-6-13(21-3)10(12)2/h4-8H,1-3H3. The molecule has 1 aromatic carbocycles. The van der Waals surface area contributed by atoms with Crippen molar-refractivity contribution in [2.75, 3.05) is 11.2 Å². The van der Waals surface area contributed by atoms with Gasteiger partial charge in [0.05, 0.1) is 11.3 Å². The average molecular weight is 298 g/mol. The number of pyridine rings is 1. The summed E-state index contributed by atoms with van der Waals surface area (Å²) in [5.41, 5.74) is 2.91. The van der Waals surface area contributed by atoms with Crippen LogP contribution < -0.4 is 4.90 Å². The second-order valence-electron chi connectivity index (χ2n) is 4.90. The minimum absolute atomic E-state index is 0.244. The van der Waals surface area contributed by atoms with Crippen molar-refractivity contribution >= 4 is 29.3 Å². The Labute approximate surface area is 127 Å². The molecule has 0 saturated heterocycles. The van der Waals surface area contributed by atoms with Gasteiger partial charge in [-0.3, -0.25) is 9.59 Å². The lowest BCUT2D eigenvalue weighted by molar-refractivity contribution is 0.0924. The lowest BCUT2D eigenvalue weighted by atomic mass is 10.2. The van der Waals surface area contributed by atoms with Gasteiger partial charge in [-0.25, -0.2) is 9.88 Å². The molecule has 2 aromatic rings. The third-order valence-electron chi connectivity index (χ3n) is 3.59. The van der Waals surface area contributed by atoms with Gasteiger partial charge in [0, 0.05) is 10.6 Å². The van der Waals surface area contributed by atoms with Gasteiger partial charge in [0.1, 0.15) is 5.69 Å². The highest BCUT2D eigenvalue weighted by atomic mass is 32.2. The van der Waals surface area contributed by atoms with Gasteiger partial charge in [-0.2, -0.15) is 0 Å². The largest absolute Gasteiger partial charge is 0.284 e. The number of anilines is 1. The normalized spacial score (nSPS) is 13.8. The van der Waals surface area contributed by atoms with Crippen molar-refractivity contribution < 1.29 is 9.59 Å². The van der Waals surface area contributed by atoms with Crippen LogP contribution in [0.1, 0.15) is 32.1 Å². The second-order valence-corrected chi connectivity index (χ2v) is 5.75. The quantitative estimate of drug-likeness (QED) is 0.631. The Morgan fingerprint density at radius 3 is 2.52 bits per heavy atom. The van der Waals surface area contributed by atoms with E-state index in [9.17, 15) is 9.59 Å². The molecule has 1 aliphatic rings. The van der Waals surface area contributed by atoms with Crippen molar-refractivity contribution in [2.24, 2.45) is 0 Å². The molecule has 0 atom stereocenters. The maximum absolute atomic E-state index is 12.5. The van der Waals surface area contributed by atoms with Crippen LogP contribution in [0.15, 0.2) is 35.2 Å². The van der Waals surface area contributed by atoms with Crippen LogP contribution in [-0.2, 0) is 0 Å². The minimum atomic E-state index is -0.347. The Bertz CT molecular complexity index is 771. The van der Waals surface area contributed by atoms with E-state index in [0.29, 0.717) is 11.3 Å². The number of rotatable bonds is 2. The molecular formula is C16H14N2O2S. The van der Waals surface area contributed by atoms with E-state index in [0.717, 1.165) is 16.2 Å². The van der Waals surface area contributed by atoms with Crippen LogP contribution in [0, 0.1) is 13.8 Å². The van der Waals surface area contributed by atoms with E-state index in [1.54, 1.807) is 36.9 Å². The predicted molar refractivity (Wildman–Crippen MR) is 83.1 cm³/mol. The van der Waals surface area contributed by atoms with Crippen LogP contribution in [0.4, 0.5) is 5.69 Å². The Morgan fingerprint density at radius 2 is 1.81 bits per heavy atom. The number of aromatic nitrogens is 1. The van der Waals surface area contributed by atoms with Crippen LogP contribution >= 0.6 is 11.8 Å². The number of aryl methyl sites for hydroxylation is 1. The van der Waals surface area contributed by atoms with Crippen LogP contribution in [0.5, 0.6) is 0 Å². The number of fused-ring (bicyclic) bond motifs is 1. The van der Waals surface area contributed by atoms with E-state index in [1.165, 1.54) is 4.90 Å². The van der Waals surface area contributed by atoms with Gasteiger partial charge in [-0.15, -0.1) is 11.8 Å². The van der Waals surface area contributed by atoms with Gasteiger partial charge in [-0.1, -0.05) is 6.07 Å². The summed E-state index contributed by atoms with van der Waals surface area (Å²) in [7, 11) is 0. The molecule has 0 N–H and O–H groups in total. The first-order valence-electron chi connectivity index (χ1n) is 6.54. The lowest BCUT2D eigenvalue weighted by Crippen LogP contribution is -2.30. The zero-order chi connectivity index (χ0) is 15.1. The third kappa shape index (κ3) is 2.05. The number of nitrogens with zero attached hydrogens (tertiary/aromatic N) is 2. The first kappa shape index (κ1) is 13.8. The van der Waals surface area contributed by atoms with E-state index in [4.69, 9.17) is 0 Å². The molecule has 3 rings (SSSR count). The molecular weight excluding hydrogens is 284 g/mol. The van der Waals surface area contributed by atoms with E-state index in [-0.39, 0.29) is 17.5 Å². The molecule has 2 amide bonds. The predicted octanol–water partition coefficient (Wildman–Crippen LogP) is 3.22. The van der Waals surface area contributed by atoms with Crippen LogP contribution in [0.2, 0.25) is 0 Å². The summed E-state index contributed by atoms with van der Waals surface area (Å²) >= 11 is 1.59. The van der Waals surface area contributed by atoms with Crippen LogP contribution in [0.3, 0.4) is 0 Å². The van der Waals surface area contributed by atoms with Gasteiger partial charge in [0.15, 0.2) is 0 Å². The third-order valence-corrected chi connectivity index (χ3v) is 4.47. The molecule has 0 bridgehead atoms. The van der Waals surface area contributed by atoms with Gasteiger partial charge < -0.3 is 0 Å². The maximum atomic E-state index is 12.5. The summed E-state index contributed by atoms with van der Waals surface area (Å²) in [6.07, 6.45) is 1.97. The molecule has 106 valence electrons. The number of imide groups is 1. The summed E-state index contributed by atoms with van der Waals surface area (Å²) in [6.45, 7) is 3.73. The fourth-order valence-electron chi connectivity index (χ4n) is 2.50. The topological polar surface area (TPSA) is 50.3 Å². The van der Waals surface area contributed by atoms with E-state index in [2.05, 4.69) is 4.98 Å². The van der Waals surface area contributed by atoms with Crippen molar-refractivity contribution in [3.8, 4) is 0 Å². The summed E-state index contributed by atoms with van der Waals surface area (Å²) < 4.78 is 0. The number of hydrogen-bond donors (Lipinski definition) is 0. The molecule has 21 heavy (non-hydrogen) atoms. The Kier molecular flexibility index (Phi) is 3.29. The van der Waals surface area contributed by atoms with Crippen molar-refractivity contribution in [2.45, 2.75) is 18.7 Å². The molecule has 1 aromatic heterocycles. The monoisotopic (exact) mass is 298 g/mol. The number of benzene rings is 1. The number of hydrogen-bond acceptors (Lipinski definition) is 4. The van der Waals surface area contributed by atoms with E-state index >= 15 is 0 Å². The maximum Gasteiger partial charge on any atom is 0.284 e. The number of amides is 2. The number of carbonyl (C=O) groups is 2. The Morgan fingerprint density at radius 1 is 1.05 bits per heavy atom. The molecule has 0 radical (unpaired) electrons. The molecule has 0 unspecified atom stereocenters. The minimum Gasteiger partial charge on any atom is -0.268 e. The SMILES string of the molecule is CSc1cccc(N2C(=O)c3ccc(C)nc3C2=O)c1C. The van der Waals surface area contributed by atoms with Gasteiger partial charge in [0.25, 0.3) is 11.8 Å². The number of carbonyl (C=O) groups excluding carboxylic acids is 2. The van der Waals surface area contributed by atoms with Gasteiger partial charge in [-0.05, 0) is 49.9 Å². The molecule has 2 heterocycles. The molecule has 1 aliphatic heterocycles. The fraction of sp³-hybridized carbons (Fsp3) is 0.188. The van der Waals surface area contributed by atoms with Gasteiger partial charge >= 0.3 is 0 Å². The summed E-state index contributed by atoms with van der Waals surface area (Å²) in [5.74, 6) is -0.649. The highest BCUT2D eigenvalue weighted by Gasteiger charge is 2.38. The lowest BCUT2D eigenvalue weighted by Gasteiger charge is -2.17. The average Bonchev–Trinajstić information content (AvgIpc) is 2.71. The van der Waals surface area contributed by atoms with Gasteiger partial charge in [0.2, 0.25) is 0 Å². The highest BCUT2D eigenvalue weighted by molar-refractivity contribution is 7.98. The molecule has 0 fully saturated rings. The summed E-state index contributed by atoms with van der Waals surface area (Å²) in [4.78, 5) is 31.6. The molecule has 0 aliphatic carbocycles. The van der Waals surface area contributed by atoms with Crippen LogP contribution in [-0.4, -0.2) is 23.1 Å². The first-order valence-corrected chi connectivity index (χ1v) is 7.77. The van der Waals surface area contributed by atoms with Crippen molar-refractivity contribution in [1.82, 2.24) is 4.98 Å². The summed E-state index contributed by atoms with van der Waals surface area (Å²) in [5, 5.41) is 0. The molecule has 4 nitrogen and oxygen atoms in total. The van der Waals surface area contributed by atoms with E-state index < -0.39 is 0 Å². The van der Waals surface area contributed by atoms with Crippen LogP contribution in [0.25, 0.3) is 0 Å². The molecule has 0 saturated carbocycles. The molecule has 5 heteroatoms. The zero-order valence-corrected chi connectivity index (χ0v) is 12.8. The fourth-order valence-corrected chi connectivity index (χ4v) is 3.12.